The number of hydrogen-bond donors (Lipinski definition) is 2. The normalized spacial score (nSPS) is 17.1. The summed E-state index contributed by atoms with van der Waals surface area (Å²) in [6.45, 7) is 8.26. The number of nitrogens with zero attached hydrogens (tertiary/aromatic N) is 2. The lowest BCUT2D eigenvalue weighted by atomic mass is 10.1. The molecule has 1 aromatic rings. The molecule has 2 aliphatic rings. The van der Waals surface area contributed by atoms with Crippen LogP contribution in [0, 0.1) is 5.92 Å². The number of hydrogen-bond acceptors (Lipinski definition) is 6. The molecule has 0 aromatic heterocycles. The first-order valence-electron chi connectivity index (χ1n) is 9.43. The van der Waals surface area contributed by atoms with E-state index in [9.17, 15) is 9.59 Å². The molecule has 0 radical (unpaired) electrons. The summed E-state index contributed by atoms with van der Waals surface area (Å²) in [4.78, 5) is 32.1. The van der Waals surface area contributed by atoms with Gasteiger partial charge in [-0.2, -0.15) is 0 Å². The Balaban J connectivity index is 0.00000280. The lowest BCUT2D eigenvalue weighted by molar-refractivity contribution is -0.114. The Kier molecular flexibility index (Phi) is 8.35. The maximum absolute atomic E-state index is 12.6. The number of rotatable bonds is 6. The molecule has 0 atom stereocenters. The van der Waals surface area contributed by atoms with Gasteiger partial charge in [0.15, 0.2) is 0 Å². The van der Waals surface area contributed by atoms with Crippen molar-refractivity contribution in [3.63, 3.8) is 0 Å². The second kappa shape index (κ2) is 10.5. The highest BCUT2D eigenvalue weighted by Gasteiger charge is 2.33. The molecule has 28 heavy (non-hydrogen) atoms. The SMILES string of the molecule is CC(C)CN1CC(OC(=O)N(Cc2ccccc2)OC(=O)NC2CNC2)C1.Cl. The Morgan fingerprint density at radius 3 is 2.50 bits per heavy atom. The van der Waals surface area contributed by atoms with Crippen molar-refractivity contribution < 1.29 is 19.2 Å². The summed E-state index contributed by atoms with van der Waals surface area (Å²) in [5.41, 5.74) is 0.850. The van der Waals surface area contributed by atoms with Gasteiger partial charge < -0.3 is 20.2 Å². The molecule has 0 saturated carbocycles. The van der Waals surface area contributed by atoms with E-state index in [-0.39, 0.29) is 31.1 Å². The molecule has 0 unspecified atom stereocenters. The van der Waals surface area contributed by atoms with Crippen molar-refractivity contribution in [2.45, 2.75) is 32.5 Å². The third-order valence-electron chi connectivity index (χ3n) is 4.48. The molecule has 9 heteroatoms. The Morgan fingerprint density at radius 2 is 1.93 bits per heavy atom. The van der Waals surface area contributed by atoms with Gasteiger partial charge in [-0.25, -0.2) is 9.59 Å². The second-order valence-electron chi connectivity index (χ2n) is 7.52. The summed E-state index contributed by atoms with van der Waals surface area (Å²) >= 11 is 0. The van der Waals surface area contributed by atoms with Crippen molar-refractivity contribution in [3.05, 3.63) is 35.9 Å². The van der Waals surface area contributed by atoms with Crippen LogP contribution in [0.3, 0.4) is 0 Å². The fraction of sp³-hybridized carbons (Fsp3) is 0.579. The van der Waals surface area contributed by atoms with Gasteiger partial charge in [0.05, 0.1) is 12.6 Å². The third kappa shape index (κ3) is 6.54. The molecule has 0 spiro atoms. The number of benzene rings is 1. The Hall–Kier alpha value is -2.03. The molecule has 8 nitrogen and oxygen atoms in total. The Labute approximate surface area is 171 Å². The zero-order valence-corrected chi connectivity index (χ0v) is 17.1. The topological polar surface area (TPSA) is 83.1 Å². The van der Waals surface area contributed by atoms with Gasteiger partial charge in [-0.05, 0) is 11.5 Å². The van der Waals surface area contributed by atoms with E-state index in [1.807, 2.05) is 30.3 Å². The van der Waals surface area contributed by atoms with Crippen LogP contribution < -0.4 is 10.6 Å². The van der Waals surface area contributed by atoms with Gasteiger partial charge in [-0.3, -0.25) is 4.90 Å². The third-order valence-corrected chi connectivity index (χ3v) is 4.48. The molecule has 1 aromatic carbocycles. The van der Waals surface area contributed by atoms with Crippen molar-refractivity contribution in [3.8, 4) is 0 Å². The summed E-state index contributed by atoms with van der Waals surface area (Å²) in [5, 5.41) is 6.77. The van der Waals surface area contributed by atoms with Gasteiger partial charge in [-0.15, -0.1) is 17.5 Å². The maximum atomic E-state index is 12.6. The van der Waals surface area contributed by atoms with E-state index in [0.29, 0.717) is 32.1 Å². The molecular weight excluding hydrogens is 384 g/mol. The van der Waals surface area contributed by atoms with Gasteiger partial charge in [0.25, 0.3) is 0 Å². The van der Waals surface area contributed by atoms with Gasteiger partial charge in [0.1, 0.15) is 6.10 Å². The van der Waals surface area contributed by atoms with Crippen LogP contribution in [0.5, 0.6) is 0 Å². The van der Waals surface area contributed by atoms with Crippen molar-refractivity contribution in [1.29, 1.82) is 0 Å². The summed E-state index contributed by atoms with van der Waals surface area (Å²) in [7, 11) is 0. The summed E-state index contributed by atoms with van der Waals surface area (Å²) in [5.74, 6) is 0.573. The van der Waals surface area contributed by atoms with E-state index in [1.165, 1.54) is 0 Å². The van der Waals surface area contributed by atoms with Crippen molar-refractivity contribution in [2.75, 3.05) is 32.7 Å². The van der Waals surface area contributed by atoms with Crippen LogP contribution in [-0.2, 0) is 16.1 Å². The quantitative estimate of drug-likeness (QED) is 0.695. The van der Waals surface area contributed by atoms with Gasteiger partial charge >= 0.3 is 12.2 Å². The number of carbonyl (C=O) groups excluding carboxylic acids is 2. The molecule has 2 heterocycles. The van der Waals surface area contributed by atoms with Gasteiger partial charge in [-0.1, -0.05) is 44.2 Å². The standard InChI is InChI=1S/C19H28N4O4.ClH/c1-14(2)10-22-12-17(13-22)26-19(25)23(11-15-6-4-3-5-7-15)27-18(24)21-16-8-20-9-16;/h3-7,14,16-17,20H,8-13H2,1-2H3,(H,21,24);1H. The van der Waals surface area contributed by atoms with Crippen LogP contribution in [0.1, 0.15) is 19.4 Å². The largest absolute Gasteiger partial charge is 0.444 e. The number of carbonyl (C=O) groups is 2. The van der Waals surface area contributed by atoms with E-state index in [4.69, 9.17) is 9.57 Å². The average Bonchev–Trinajstić information content (AvgIpc) is 2.56. The van der Waals surface area contributed by atoms with Crippen molar-refractivity contribution in [2.24, 2.45) is 5.92 Å². The molecule has 2 fully saturated rings. The summed E-state index contributed by atoms with van der Waals surface area (Å²) in [6.07, 6.45) is -1.46. The number of hydroxylamine groups is 2. The number of nitrogens with one attached hydrogen (secondary N) is 2. The van der Waals surface area contributed by atoms with E-state index in [0.717, 1.165) is 17.2 Å². The second-order valence-corrected chi connectivity index (χ2v) is 7.52. The average molecular weight is 413 g/mol. The highest BCUT2D eigenvalue weighted by Crippen LogP contribution is 2.16. The first kappa shape index (κ1) is 22.3. The monoisotopic (exact) mass is 412 g/mol. The van der Waals surface area contributed by atoms with Crippen LogP contribution in [-0.4, -0.2) is 67.0 Å². The molecule has 2 saturated heterocycles. The van der Waals surface area contributed by atoms with Gasteiger partial charge in [0.2, 0.25) is 0 Å². The highest BCUT2D eigenvalue weighted by atomic mass is 35.5. The van der Waals surface area contributed by atoms with Crippen LogP contribution in [0.25, 0.3) is 0 Å². The predicted molar refractivity (Wildman–Crippen MR) is 107 cm³/mol. The number of halogens is 1. The van der Waals surface area contributed by atoms with Crippen LogP contribution in [0.2, 0.25) is 0 Å². The van der Waals surface area contributed by atoms with Crippen LogP contribution in [0.15, 0.2) is 30.3 Å². The van der Waals surface area contributed by atoms with E-state index in [1.54, 1.807) is 0 Å². The lowest BCUT2D eigenvalue weighted by Crippen LogP contribution is -2.58. The summed E-state index contributed by atoms with van der Waals surface area (Å²) in [6, 6.07) is 9.39. The highest BCUT2D eigenvalue weighted by molar-refractivity contribution is 5.85. The van der Waals surface area contributed by atoms with E-state index in [2.05, 4.69) is 29.4 Å². The van der Waals surface area contributed by atoms with Crippen LogP contribution >= 0.6 is 12.4 Å². The van der Waals surface area contributed by atoms with Gasteiger partial charge in [0, 0.05) is 32.7 Å². The minimum Gasteiger partial charge on any atom is -0.441 e. The summed E-state index contributed by atoms with van der Waals surface area (Å²) < 4.78 is 5.51. The first-order valence-corrected chi connectivity index (χ1v) is 9.43. The number of amides is 2. The smallest absolute Gasteiger partial charge is 0.441 e. The Bertz CT molecular complexity index is 636. The van der Waals surface area contributed by atoms with E-state index < -0.39 is 12.2 Å². The molecule has 3 rings (SSSR count). The lowest BCUT2D eigenvalue weighted by Gasteiger charge is -2.39. The minimum atomic E-state index is -0.649. The molecule has 2 N–H and O–H groups in total. The predicted octanol–water partition coefficient (Wildman–Crippen LogP) is 2.00. The number of ether oxygens (including phenoxy) is 1. The maximum Gasteiger partial charge on any atom is 0.444 e. The number of likely N-dealkylation sites (tertiary alicyclic amines) is 1. The fourth-order valence-corrected chi connectivity index (χ4v) is 3.03. The molecule has 2 aliphatic heterocycles. The Morgan fingerprint density at radius 1 is 1.25 bits per heavy atom. The minimum absolute atomic E-state index is 0. The van der Waals surface area contributed by atoms with Crippen LogP contribution in [0.4, 0.5) is 9.59 Å². The molecule has 156 valence electrons. The fourth-order valence-electron chi connectivity index (χ4n) is 3.03. The molecule has 2 amide bonds. The van der Waals surface area contributed by atoms with Crippen molar-refractivity contribution in [1.82, 2.24) is 20.6 Å². The zero-order valence-electron chi connectivity index (χ0n) is 16.3. The van der Waals surface area contributed by atoms with E-state index >= 15 is 0 Å². The van der Waals surface area contributed by atoms with Crippen molar-refractivity contribution >= 4 is 24.6 Å². The zero-order chi connectivity index (χ0) is 19.2. The first-order chi connectivity index (χ1) is 13.0. The molecule has 0 bridgehead atoms. The molecule has 0 aliphatic carbocycles. The molecular formula is C19H29ClN4O4.